The van der Waals surface area contributed by atoms with E-state index in [1.165, 1.54) is 0 Å². The summed E-state index contributed by atoms with van der Waals surface area (Å²) in [7, 11) is 0. The minimum absolute atomic E-state index is 0.318. The molecule has 0 aliphatic carbocycles. The van der Waals surface area contributed by atoms with Gasteiger partial charge in [-0.3, -0.25) is 0 Å². The lowest BCUT2D eigenvalue weighted by Crippen LogP contribution is -1.97. The van der Waals surface area contributed by atoms with E-state index in [9.17, 15) is 5.11 Å². The molecule has 0 amide bonds. The predicted octanol–water partition coefficient (Wildman–Crippen LogP) is 3.53. The molecule has 1 aliphatic rings. The van der Waals surface area contributed by atoms with Crippen molar-refractivity contribution in [2.24, 2.45) is 0 Å². The molecule has 0 atom stereocenters. The average Bonchev–Trinajstić information content (AvgIpc) is 2.66. The lowest BCUT2D eigenvalue weighted by Gasteiger charge is -2.10. The van der Waals surface area contributed by atoms with Gasteiger partial charge in [-0.1, -0.05) is 12.1 Å². The number of aryl methyl sites for hydroxylation is 1. The second-order valence-corrected chi connectivity index (χ2v) is 4.71. The highest BCUT2D eigenvalue weighted by atomic mass is 16.5. The number of hydrogen-bond acceptors (Lipinski definition) is 3. The van der Waals surface area contributed by atoms with E-state index in [0.717, 1.165) is 34.6 Å². The topological polar surface area (TPSA) is 38.7 Å². The number of rotatable bonds is 1. The zero-order chi connectivity index (χ0) is 13.2. The molecule has 0 saturated carbocycles. The summed E-state index contributed by atoms with van der Waals surface area (Å²) in [5.41, 5.74) is 2.99. The molecule has 1 aliphatic heterocycles. The highest BCUT2D eigenvalue weighted by Crippen LogP contribution is 2.35. The molecular formula is C16H16O3. The van der Waals surface area contributed by atoms with Gasteiger partial charge in [0, 0.05) is 6.42 Å². The summed E-state index contributed by atoms with van der Waals surface area (Å²) in [4.78, 5) is 0. The van der Waals surface area contributed by atoms with Gasteiger partial charge in [-0.15, -0.1) is 0 Å². The van der Waals surface area contributed by atoms with Crippen molar-refractivity contribution < 1.29 is 14.6 Å². The largest absolute Gasteiger partial charge is 0.508 e. The molecule has 2 aromatic carbocycles. The summed E-state index contributed by atoms with van der Waals surface area (Å²) in [6.07, 6.45) is 0.905. The van der Waals surface area contributed by atoms with E-state index in [-0.39, 0.29) is 0 Å². The molecule has 0 unspecified atom stereocenters. The second-order valence-electron chi connectivity index (χ2n) is 4.71. The lowest BCUT2D eigenvalue weighted by atomic mass is 10.0. The molecule has 1 N–H and O–H groups in total. The van der Waals surface area contributed by atoms with Crippen molar-refractivity contribution in [1.29, 1.82) is 0 Å². The Morgan fingerprint density at radius 1 is 0.895 bits per heavy atom. The Bertz CT molecular complexity index is 605. The van der Waals surface area contributed by atoms with E-state index in [1.807, 2.05) is 37.3 Å². The summed E-state index contributed by atoms with van der Waals surface area (Å²) in [5.74, 6) is 1.91. The van der Waals surface area contributed by atoms with Crippen molar-refractivity contribution >= 4 is 0 Å². The van der Waals surface area contributed by atoms with Crippen molar-refractivity contribution in [3.63, 3.8) is 0 Å². The van der Waals surface area contributed by atoms with Crippen LogP contribution < -0.4 is 9.47 Å². The molecule has 1 heterocycles. The Labute approximate surface area is 112 Å². The van der Waals surface area contributed by atoms with Crippen LogP contribution in [0.15, 0.2) is 36.4 Å². The fourth-order valence-electron chi connectivity index (χ4n) is 2.18. The third kappa shape index (κ3) is 2.36. The second kappa shape index (κ2) is 4.84. The smallest absolute Gasteiger partial charge is 0.161 e. The summed E-state index contributed by atoms with van der Waals surface area (Å²) in [6.45, 7) is 3.28. The van der Waals surface area contributed by atoms with Crippen molar-refractivity contribution in [2.45, 2.75) is 13.3 Å². The normalized spacial score (nSPS) is 13.9. The lowest BCUT2D eigenvalue weighted by molar-refractivity contribution is 0.297. The Kier molecular flexibility index (Phi) is 3.03. The first-order chi connectivity index (χ1) is 9.24. The van der Waals surface area contributed by atoms with Crippen LogP contribution in [-0.2, 0) is 0 Å². The van der Waals surface area contributed by atoms with E-state index >= 15 is 0 Å². The zero-order valence-corrected chi connectivity index (χ0v) is 10.8. The van der Waals surface area contributed by atoms with Gasteiger partial charge >= 0.3 is 0 Å². The van der Waals surface area contributed by atoms with Gasteiger partial charge in [0.2, 0.25) is 0 Å². The maximum Gasteiger partial charge on any atom is 0.161 e. The summed E-state index contributed by atoms with van der Waals surface area (Å²) < 4.78 is 11.3. The van der Waals surface area contributed by atoms with Crippen LogP contribution in [0, 0.1) is 6.92 Å². The third-order valence-corrected chi connectivity index (χ3v) is 3.28. The molecule has 2 aromatic rings. The van der Waals surface area contributed by atoms with Gasteiger partial charge in [-0.2, -0.15) is 0 Å². The molecule has 0 radical (unpaired) electrons. The molecule has 0 fully saturated rings. The first-order valence-corrected chi connectivity index (χ1v) is 6.44. The van der Waals surface area contributed by atoms with Crippen molar-refractivity contribution in [2.75, 3.05) is 13.2 Å². The number of benzene rings is 2. The van der Waals surface area contributed by atoms with Gasteiger partial charge in [0.05, 0.1) is 13.2 Å². The van der Waals surface area contributed by atoms with Crippen LogP contribution >= 0.6 is 0 Å². The maximum atomic E-state index is 9.58. The Morgan fingerprint density at radius 2 is 1.58 bits per heavy atom. The quantitative estimate of drug-likeness (QED) is 0.848. The number of aromatic hydroxyl groups is 1. The van der Waals surface area contributed by atoms with Crippen molar-refractivity contribution in [1.82, 2.24) is 0 Å². The molecular weight excluding hydrogens is 240 g/mol. The zero-order valence-electron chi connectivity index (χ0n) is 10.8. The summed E-state index contributed by atoms with van der Waals surface area (Å²) in [6, 6.07) is 11.5. The average molecular weight is 256 g/mol. The molecule has 3 rings (SSSR count). The minimum atomic E-state index is 0.318. The molecule has 0 aromatic heterocycles. The van der Waals surface area contributed by atoms with E-state index in [0.29, 0.717) is 19.0 Å². The van der Waals surface area contributed by atoms with Gasteiger partial charge in [-0.25, -0.2) is 0 Å². The molecule has 3 heteroatoms. The number of phenols is 1. The van der Waals surface area contributed by atoms with Gasteiger partial charge in [0.25, 0.3) is 0 Å². The highest BCUT2D eigenvalue weighted by molar-refractivity contribution is 5.68. The van der Waals surface area contributed by atoms with Gasteiger partial charge in [-0.05, 0) is 47.9 Å². The first kappa shape index (κ1) is 11.9. The number of fused-ring (bicyclic) bond motifs is 1. The number of ether oxygens (including phenoxy) is 2. The fraction of sp³-hybridized carbons (Fsp3) is 0.250. The molecule has 19 heavy (non-hydrogen) atoms. The van der Waals surface area contributed by atoms with Crippen molar-refractivity contribution in [3.05, 3.63) is 42.0 Å². The summed E-state index contributed by atoms with van der Waals surface area (Å²) >= 11 is 0. The van der Waals surface area contributed by atoms with Crippen LogP contribution in [0.2, 0.25) is 0 Å². The van der Waals surface area contributed by atoms with E-state index in [2.05, 4.69) is 0 Å². The summed E-state index contributed by atoms with van der Waals surface area (Å²) in [5, 5.41) is 9.58. The van der Waals surface area contributed by atoms with Crippen LogP contribution in [0.3, 0.4) is 0 Å². The van der Waals surface area contributed by atoms with Crippen LogP contribution in [0.1, 0.15) is 12.0 Å². The third-order valence-electron chi connectivity index (χ3n) is 3.28. The van der Waals surface area contributed by atoms with Gasteiger partial charge < -0.3 is 14.6 Å². The molecule has 0 saturated heterocycles. The van der Waals surface area contributed by atoms with Crippen LogP contribution in [0.25, 0.3) is 11.1 Å². The van der Waals surface area contributed by atoms with E-state index in [4.69, 9.17) is 9.47 Å². The van der Waals surface area contributed by atoms with E-state index < -0.39 is 0 Å². The number of phenolic OH excluding ortho intramolecular Hbond substituents is 1. The highest BCUT2D eigenvalue weighted by Gasteiger charge is 2.11. The van der Waals surface area contributed by atoms with Gasteiger partial charge in [0.15, 0.2) is 11.5 Å². The monoisotopic (exact) mass is 256 g/mol. The Morgan fingerprint density at radius 3 is 2.37 bits per heavy atom. The Hall–Kier alpha value is -2.16. The maximum absolute atomic E-state index is 9.58. The molecule has 98 valence electrons. The first-order valence-electron chi connectivity index (χ1n) is 6.44. The van der Waals surface area contributed by atoms with Crippen molar-refractivity contribution in [3.8, 4) is 28.4 Å². The Balaban J connectivity index is 2.01. The minimum Gasteiger partial charge on any atom is -0.508 e. The van der Waals surface area contributed by atoms with Crippen LogP contribution in [-0.4, -0.2) is 18.3 Å². The van der Waals surface area contributed by atoms with Crippen LogP contribution in [0.4, 0.5) is 0 Å². The molecule has 0 bridgehead atoms. The molecule has 3 nitrogen and oxygen atoms in total. The number of hydrogen-bond donors (Lipinski definition) is 1. The van der Waals surface area contributed by atoms with Crippen LogP contribution in [0.5, 0.6) is 17.2 Å². The van der Waals surface area contributed by atoms with Gasteiger partial charge in [0.1, 0.15) is 5.75 Å². The molecule has 0 spiro atoms. The predicted molar refractivity (Wildman–Crippen MR) is 73.9 cm³/mol. The standard InChI is InChI=1S/C16H16O3/c1-11-9-12(3-5-14(11)17)13-4-6-15-16(10-13)19-8-2-7-18-15/h3-6,9-10,17H,2,7-8H2,1H3. The van der Waals surface area contributed by atoms with E-state index in [1.54, 1.807) is 6.07 Å². The fourth-order valence-corrected chi connectivity index (χ4v) is 2.18. The SMILES string of the molecule is Cc1cc(-c2ccc3c(c2)OCCCO3)ccc1O.